The number of benzene rings is 1. The Bertz CT molecular complexity index is 1880. The number of thiazole rings is 1. The molecule has 18 nitrogen and oxygen atoms in total. The number of aromatic hydroxyl groups is 1. The maximum Gasteiger partial charge on any atom is 0.426 e. The largest absolute Gasteiger partial charge is 0.508 e. The van der Waals surface area contributed by atoms with Crippen LogP contribution in [0.25, 0.3) is 0 Å². The molecule has 0 bridgehead atoms. The van der Waals surface area contributed by atoms with Gasteiger partial charge in [-0.3, -0.25) is 39.1 Å². The number of amides is 5. The summed E-state index contributed by atoms with van der Waals surface area (Å²) in [5.74, 6) is -4.06. The third-order valence-corrected chi connectivity index (χ3v) is 12.4. The van der Waals surface area contributed by atoms with Gasteiger partial charge in [0.15, 0.2) is 12.8 Å². The molecule has 0 saturated carbocycles. The van der Waals surface area contributed by atoms with E-state index in [-0.39, 0.29) is 72.5 Å². The van der Waals surface area contributed by atoms with E-state index in [2.05, 4.69) is 26.5 Å². The highest BCUT2D eigenvalue weighted by atomic mass is 32.1. The summed E-state index contributed by atoms with van der Waals surface area (Å²) in [6.07, 6.45) is 3.01. The number of nitrogens with one attached hydrogen (secondary N) is 4. The third kappa shape index (κ3) is 17.5. The van der Waals surface area contributed by atoms with Crippen LogP contribution in [0.4, 0.5) is 4.79 Å². The minimum absolute atomic E-state index is 0.0186. The van der Waals surface area contributed by atoms with Crippen molar-refractivity contribution < 1.29 is 52.9 Å². The molecule has 362 valence electrons. The fourth-order valence-electron chi connectivity index (χ4n) is 7.55. The molecule has 1 aliphatic heterocycles. The van der Waals surface area contributed by atoms with Crippen LogP contribution in [0, 0.1) is 17.8 Å². The average Bonchev–Trinajstić information content (AvgIpc) is 3.77. The lowest BCUT2D eigenvalue weighted by Gasteiger charge is -2.39. The van der Waals surface area contributed by atoms with E-state index in [4.69, 9.17) is 14.2 Å². The number of carbonyl (C=O) groups is 7. The van der Waals surface area contributed by atoms with Gasteiger partial charge in [0.2, 0.25) is 17.7 Å². The van der Waals surface area contributed by atoms with Crippen molar-refractivity contribution in [3.8, 4) is 5.75 Å². The number of piperidine rings is 1. The number of esters is 2. The second-order valence-corrected chi connectivity index (χ2v) is 18.1. The van der Waals surface area contributed by atoms with Gasteiger partial charge in [-0.2, -0.15) is 0 Å². The molecule has 0 spiro atoms. The first-order chi connectivity index (χ1) is 30.9. The number of hydrogen-bond donors (Lipinski definition) is 5. The zero-order valence-electron chi connectivity index (χ0n) is 39.5. The van der Waals surface area contributed by atoms with E-state index >= 15 is 0 Å². The van der Waals surface area contributed by atoms with Gasteiger partial charge in [0.05, 0.1) is 12.6 Å². The van der Waals surface area contributed by atoms with Crippen LogP contribution in [0.1, 0.15) is 140 Å². The van der Waals surface area contributed by atoms with Crippen molar-refractivity contribution in [1.82, 2.24) is 36.3 Å². The van der Waals surface area contributed by atoms with Gasteiger partial charge in [-0.1, -0.05) is 73.4 Å². The normalized spacial score (nSPS) is 16.7. The Labute approximate surface area is 387 Å². The number of phenols is 1. The van der Waals surface area contributed by atoms with E-state index in [1.54, 1.807) is 19.1 Å². The Morgan fingerprint density at radius 1 is 0.938 bits per heavy atom. The molecule has 3 unspecified atom stereocenters. The first-order valence-electron chi connectivity index (χ1n) is 22.8. The van der Waals surface area contributed by atoms with Gasteiger partial charge in [0.1, 0.15) is 22.5 Å². The maximum atomic E-state index is 14.8. The van der Waals surface area contributed by atoms with Gasteiger partial charge in [0, 0.05) is 43.1 Å². The first kappa shape index (κ1) is 54.0. The highest BCUT2D eigenvalue weighted by Gasteiger charge is 2.39. The van der Waals surface area contributed by atoms with E-state index in [1.807, 2.05) is 53.5 Å². The minimum atomic E-state index is -1.03. The Morgan fingerprint density at radius 2 is 1.65 bits per heavy atom. The lowest BCUT2D eigenvalue weighted by Crippen LogP contribution is -2.59. The van der Waals surface area contributed by atoms with Crippen LogP contribution in [0.15, 0.2) is 29.6 Å². The second-order valence-electron chi connectivity index (χ2n) is 17.2. The monoisotopic (exact) mass is 929 g/mol. The molecule has 1 aliphatic rings. The van der Waals surface area contributed by atoms with Crippen molar-refractivity contribution in [2.45, 2.75) is 150 Å². The van der Waals surface area contributed by atoms with Gasteiger partial charge in [0.25, 0.3) is 5.91 Å². The number of likely N-dealkylation sites (tertiary alicyclic amines) is 1. The number of aromatic nitrogens is 1. The van der Waals surface area contributed by atoms with Crippen LogP contribution >= 0.6 is 11.3 Å². The molecule has 2 aromatic rings. The summed E-state index contributed by atoms with van der Waals surface area (Å²) in [5.41, 5.74) is 5.36. The molecule has 3 rings (SSSR count). The predicted molar refractivity (Wildman–Crippen MR) is 244 cm³/mol. The molecule has 19 heteroatoms. The van der Waals surface area contributed by atoms with Crippen molar-refractivity contribution >= 4 is 53.0 Å². The standard InChI is InChI=1S/C46H71N7O11S/c1-10-15-39(56)63-27-53(45(60)40(29(6)12-3)49-43(59)36-16-13-14-21-52(36)9)37(28(4)5)25-38(64-31(8)54)44-48-35(26-65-44)42(58)47-33(24-32-17-19-34(55)20-18-32)23-30(7)41(57)50-51-46(61)62-22-11-2/h17-20,26,28-30,33,36-38,40,55H,10-16,21-25,27H2,1-9H3,(H,47,58)(H,49,59)(H,50,57)(H,51,61)/t29?,30-,33+,36+,37?,38+,40?/m0/s1. The second kappa shape index (κ2) is 27.2. The Balaban J connectivity index is 1.93. The molecule has 1 aromatic heterocycles. The molecule has 65 heavy (non-hydrogen) atoms. The first-order valence-corrected chi connectivity index (χ1v) is 23.7. The number of likely N-dealkylation sites (N-methyl/N-ethyl adjacent to an activating group) is 1. The number of rotatable bonds is 24. The number of ether oxygens (including phenoxy) is 3. The molecule has 0 radical (unpaired) electrons. The fourth-order valence-corrected chi connectivity index (χ4v) is 8.39. The average molecular weight is 930 g/mol. The minimum Gasteiger partial charge on any atom is -0.508 e. The van der Waals surface area contributed by atoms with Crippen LogP contribution in [-0.4, -0.2) is 113 Å². The van der Waals surface area contributed by atoms with Crippen molar-refractivity contribution in [3.05, 3.63) is 45.9 Å². The van der Waals surface area contributed by atoms with Crippen molar-refractivity contribution in [3.63, 3.8) is 0 Å². The molecule has 5 amide bonds. The molecule has 1 saturated heterocycles. The van der Waals surface area contributed by atoms with Crippen molar-refractivity contribution in [2.24, 2.45) is 17.8 Å². The molecule has 7 atom stereocenters. The van der Waals surface area contributed by atoms with Gasteiger partial charge in [-0.15, -0.1) is 11.3 Å². The molecular weight excluding hydrogens is 859 g/mol. The third-order valence-electron chi connectivity index (χ3n) is 11.5. The predicted octanol–water partition coefficient (Wildman–Crippen LogP) is 5.55. The van der Waals surface area contributed by atoms with Crippen LogP contribution in [0.3, 0.4) is 0 Å². The summed E-state index contributed by atoms with van der Waals surface area (Å²) < 4.78 is 16.5. The summed E-state index contributed by atoms with van der Waals surface area (Å²) in [4.78, 5) is 101. The lowest BCUT2D eigenvalue weighted by atomic mass is 9.92. The van der Waals surface area contributed by atoms with Crippen LogP contribution in [0.2, 0.25) is 0 Å². The number of carbonyl (C=O) groups excluding carboxylic acids is 7. The SMILES string of the molecule is CCCOC(=O)NNC(=O)[C@@H](C)C[C@H](Cc1ccc(O)cc1)NC(=O)c1csc([C@@H](CC(C(C)C)N(COC(=O)CCC)C(=O)C(NC(=O)[C@H]2CCCCN2C)C(C)CC)OC(C)=O)n1. The fraction of sp³-hybridized carbons (Fsp3) is 0.652. The smallest absolute Gasteiger partial charge is 0.426 e. The summed E-state index contributed by atoms with van der Waals surface area (Å²) >= 11 is 1.09. The lowest BCUT2D eigenvalue weighted by molar-refractivity contribution is -0.160. The Morgan fingerprint density at radius 3 is 2.26 bits per heavy atom. The number of hydrogen-bond acceptors (Lipinski definition) is 14. The number of phenolic OH excluding ortho intramolecular Hbond substituents is 1. The van der Waals surface area contributed by atoms with E-state index in [0.29, 0.717) is 25.7 Å². The summed E-state index contributed by atoms with van der Waals surface area (Å²) in [7, 11) is 1.90. The van der Waals surface area contributed by atoms with Crippen molar-refractivity contribution in [1.29, 1.82) is 0 Å². The van der Waals surface area contributed by atoms with Crippen LogP contribution < -0.4 is 21.5 Å². The molecule has 2 heterocycles. The van der Waals surface area contributed by atoms with E-state index in [1.165, 1.54) is 29.3 Å². The van der Waals surface area contributed by atoms with Gasteiger partial charge >= 0.3 is 18.0 Å². The molecule has 1 aromatic carbocycles. The Kier molecular flexibility index (Phi) is 22.6. The van der Waals surface area contributed by atoms with Crippen molar-refractivity contribution in [2.75, 3.05) is 26.9 Å². The molecule has 1 fully saturated rings. The maximum absolute atomic E-state index is 14.8. The number of nitrogens with zero attached hydrogens (tertiary/aromatic N) is 3. The van der Waals surface area contributed by atoms with Gasteiger partial charge in [-0.05, 0) is 81.6 Å². The quantitative estimate of drug-likeness (QED) is 0.0377. The molecule has 0 aliphatic carbocycles. The van der Waals surface area contributed by atoms with Crippen LogP contribution in [0.5, 0.6) is 5.75 Å². The zero-order valence-corrected chi connectivity index (χ0v) is 40.3. The topological polar surface area (TPSA) is 235 Å². The van der Waals surface area contributed by atoms with E-state index in [0.717, 1.165) is 36.3 Å². The molecular formula is C46H71N7O11S. The highest BCUT2D eigenvalue weighted by Crippen LogP contribution is 2.32. The van der Waals surface area contributed by atoms with Gasteiger partial charge in [-0.25, -0.2) is 15.2 Å². The summed E-state index contributed by atoms with van der Waals surface area (Å²) in [6, 6.07) is 3.78. The summed E-state index contributed by atoms with van der Waals surface area (Å²) in [5, 5.41) is 17.7. The zero-order chi connectivity index (χ0) is 48.2. The van der Waals surface area contributed by atoms with E-state index < -0.39 is 72.6 Å². The molecule has 5 N–H and O–H groups in total. The van der Waals surface area contributed by atoms with Gasteiger partial charge < -0.3 is 34.9 Å². The highest BCUT2D eigenvalue weighted by molar-refractivity contribution is 7.09. The summed E-state index contributed by atoms with van der Waals surface area (Å²) in [6.45, 7) is 14.7. The van der Waals surface area contributed by atoms with Crippen LogP contribution in [-0.2, 0) is 44.6 Å². The van der Waals surface area contributed by atoms with E-state index in [9.17, 15) is 38.7 Å². The Hall–Kier alpha value is -5.30. The number of hydrazine groups is 1.